The first-order chi connectivity index (χ1) is 18.9. The number of fused-ring (bicyclic) bond motifs is 1. The Morgan fingerprint density at radius 3 is 2.59 bits per heavy atom. The molecule has 0 bridgehead atoms. The highest BCUT2D eigenvalue weighted by atomic mass is 16.6. The number of non-ortho nitro benzene ring substituents is 1. The Labute approximate surface area is 223 Å². The lowest BCUT2D eigenvalue weighted by molar-refractivity contribution is -0.384. The van der Waals surface area contributed by atoms with Crippen molar-refractivity contribution in [1.82, 2.24) is 33.7 Å². The van der Waals surface area contributed by atoms with Crippen LogP contribution in [0.25, 0.3) is 11.2 Å². The standard InChI is InChI=1S/C25H32N8O6/c1-3-9-32-24(35)22-23(31(25(32)36)10-8-18-6-5-7-19(15-18)33(37)38)28-20(16-21-26-17-27-39-21)30(22)12-11-29(4-2)13-14-34/h5-7,15,17,34H,3-4,8-14,16H2,1-2H3. The lowest BCUT2D eigenvalue weighted by Crippen LogP contribution is -2.41. The van der Waals surface area contributed by atoms with E-state index in [2.05, 4.69) is 10.1 Å². The summed E-state index contributed by atoms with van der Waals surface area (Å²) < 4.78 is 9.66. The van der Waals surface area contributed by atoms with E-state index in [0.29, 0.717) is 56.3 Å². The van der Waals surface area contributed by atoms with E-state index in [-0.39, 0.29) is 43.0 Å². The van der Waals surface area contributed by atoms with E-state index in [1.54, 1.807) is 16.7 Å². The van der Waals surface area contributed by atoms with Crippen LogP contribution < -0.4 is 11.2 Å². The van der Waals surface area contributed by atoms with E-state index < -0.39 is 16.2 Å². The number of imidazole rings is 1. The average Bonchev–Trinajstić information content (AvgIpc) is 3.57. The summed E-state index contributed by atoms with van der Waals surface area (Å²) in [7, 11) is 0. The second-order valence-corrected chi connectivity index (χ2v) is 9.09. The maximum Gasteiger partial charge on any atom is 0.332 e. The van der Waals surface area contributed by atoms with Gasteiger partial charge in [0.25, 0.3) is 11.2 Å². The molecule has 0 aliphatic carbocycles. The van der Waals surface area contributed by atoms with Crippen LogP contribution in [0, 0.1) is 10.1 Å². The molecule has 4 aromatic rings. The summed E-state index contributed by atoms with van der Waals surface area (Å²) in [6.07, 6.45) is 2.35. The van der Waals surface area contributed by atoms with E-state index in [9.17, 15) is 24.8 Å². The lowest BCUT2D eigenvalue weighted by atomic mass is 10.1. The maximum atomic E-state index is 13.7. The normalized spacial score (nSPS) is 11.6. The van der Waals surface area contributed by atoms with Gasteiger partial charge in [-0.15, -0.1) is 0 Å². The lowest BCUT2D eigenvalue weighted by Gasteiger charge is -2.20. The Bertz CT molecular complexity index is 1540. The van der Waals surface area contributed by atoms with E-state index >= 15 is 0 Å². The minimum atomic E-state index is -0.482. The van der Waals surface area contributed by atoms with Crippen LogP contribution in [0.1, 0.15) is 37.5 Å². The van der Waals surface area contributed by atoms with E-state index in [1.807, 2.05) is 18.7 Å². The number of benzene rings is 1. The molecule has 3 heterocycles. The zero-order valence-electron chi connectivity index (χ0n) is 22.0. The zero-order valence-corrected chi connectivity index (χ0v) is 22.0. The molecular weight excluding hydrogens is 508 g/mol. The molecule has 208 valence electrons. The van der Waals surface area contributed by atoms with Gasteiger partial charge in [-0.2, -0.15) is 4.98 Å². The Balaban J connectivity index is 1.84. The Kier molecular flexibility index (Phi) is 8.99. The van der Waals surface area contributed by atoms with Crippen molar-refractivity contribution in [2.24, 2.45) is 0 Å². The number of aliphatic hydroxyl groups excluding tert-OH is 1. The van der Waals surface area contributed by atoms with Gasteiger partial charge in [0.2, 0.25) is 5.89 Å². The maximum absolute atomic E-state index is 13.7. The number of hydrogen-bond acceptors (Lipinski definition) is 10. The summed E-state index contributed by atoms with van der Waals surface area (Å²) in [4.78, 5) is 48.8. The summed E-state index contributed by atoms with van der Waals surface area (Å²) in [5, 5.41) is 24.3. The number of aliphatic hydroxyl groups is 1. The molecule has 1 aromatic carbocycles. The molecule has 0 spiro atoms. The SMILES string of the molecule is CCCn1c(=O)c2c(nc(Cc3ncno3)n2CCN(CC)CCO)n(CCc2cccc([N+](=O)[O-])c2)c1=O. The molecule has 0 aliphatic rings. The fourth-order valence-corrected chi connectivity index (χ4v) is 4.62. The van der Waals surface area contributed by atoms with Crippen LogP contribution in [-0.2, 0) is 32.5 Å². The highest BCUT2D eigenvalue weighted by molar-refractivity contribution is 5.71. The van der Waals surface area contributed by atoms with Crippen LogP contribution in [0.5, 0.6) is 0 Å². The monoisotopic (exact) mass is 540 g/mol. The third-order valence-corrected chi connectivity index (χ3v) is 6.61. The van der Waals surface area contributed by atoms with Gasteiger partial charge in [-0.3, -0.25) is 28.9 Å². The summed E-state index contributed by atoms with van der Waals surface area (Å²) >= 11 is 0. The smallest absolute Gasteiger partial charge is 0.332 e. The van der Waals surface area contributed by atoms with Gasteiger partial charge in [0.15, 0.2) is 17.5 Å². The summed E-state index contributed by atoms with van der Waals surface area (Å²) in [6.45, 7) is 6.40. The third kappa shape index (κ3) is 6.12. The minimum absolute atomic E-state index is 0.00779. The third-order valence-electron chi connectivity index (χ3n) is 6.61. The van der Waals surface area contributed by atoms with Gasteiger partial charge >= 0.3 is 5.69 Å². The molecule has 0 amide bonds. The van der Waals surface area contributed by atoms with Crippen molar-refractivity contribution >= 4 is 16.9 Å². The number of aromatic nitrogens is 6. The molecule has 0 fully saturated rings. The van der Waals surface area contributed by atoms with Gasteiger partial charge in [0.05, 0.1) is 18.0 Å². The fourth-order valence-electron chi connectivity index (χ4n) is 4.62. The Morgan fingerprint density at radius 1 is 1.10 bits per heavy atom. The van der Waals surface area contributed by atoms with Gasteiger partial charge in [-0.1, -0.05) is 31.1 Å². The first-order valence-corrected chi connectivity index (χ1v) is 12.9. The number of likely N-dealkylation sites (N-methyl/N-ethyl adjacent to an activating group) is 1. The van der Waals surface area contributed by atoms with Crippen LogP contribution in [0.4, 0.5) is 5.69 Å². The summed E-state index contributed by atoms with van der Waals surface area (Å²) in [6, 6.07) is 6.26. The molecule has 0 unspecified atom stereocenters. The van der Waals surface area contributed by atoms with Crippen molar-refractivity contribution in [3.63, 3.8) is 0 Å². The molecule has 39 heavy (non-hydrogen) atoms. The fraction of sp³-hybridized carbons (Fsp3) is 0.480. The van der Waals surface area contributed by atoms with Crippen LogP contribution in [0.2, 0.25) is 0 Å². The van der Waals surface area contributed by atoms with Gasteiger partial charge in [-0.05, 0) is 24.9 Å². The number of nitro benzene ring substituents is 1. The first-order valence-electron chi connectivity index (χ1n) is 12.9. The van der Waals surface area contributed by atoms with Gasteiger partial charge in [0.1, 0.15) is 5.82 Å². The van der Waals surface area contributed by atoms with Crippen molar-refractivity contribution in [3.05, 3.63) is 78.8 Å². The van der Waals surface area contributed by atoms with Crippen LogP contribution >= 0.6 is 0 Å². The molecular formula is C25H32N8O6. The molecule has 1 N–H and O–H groups in total. The second kappa shape index (κ2) is 12.6. The van der Waals surface area contributed by atoms with Crippen LogP contribution in [-0.4, -0.2) is 70.0 Å². The number of hydrogen-bond donors (Lipinski definition) is 1. The number of nitrogens with zero attached hydrogens (tertiary/aromatic N) is 8. The molecule has 14 nitrogen and oxygen atoms in total. The van der Waals surface area contributed by atoms with Crippen molar-refractivity contribution < 1.29 is 14.6 Å². The van der Waals surface area contributed by atoms with Gasteiger partial charge in [0, 0.05) is 44.9 Å². The zero-order chi connectivity index (χ0) is 27.9. The molecule has 14 heteroatoms. The molecule has 3 aromatic heterocycles. The largest absolute Gasteiger partial charge is 0.395 e. The molecule has 0 saturated carbocycles. The Hall–Kier alpha value is -4.17. The number of rotatable bonds is 14. The van der Waals surface area contributed by atoms with E-state index in [1.165, 1.54) is 27.6 Å². The minimum Gasteiger partial charge on any atom is -0.395 e. The van der Waals surface area contributed by atoms with Crippen molar-refractivity contribution in [2.75, 3.05) is 26.2 Å². The number of nitro groups is 1. The Morgan fingerprint density at radius 2 is 1.92 bits per heavy atom. The molecule has 0 saturated heterocycles. The summed E-state index contributed by atoms with van der Waals surface area (Å²) in [5.74, 6) is 0.804. The highest BCUT2D eigenvalue weighted by Gasteiger charge is 2.23. The molecule has 0 radical (unpaired) electrons. The quantitative estimate of drug-likeness (QED) is 0.181. The summed E-state index contributed by atoms with van der Waals surface area (Å²) in [5.41, 5.74) is 0.266. The van der Waals surface area contributed by atoms with Crippen molar-refractivity contribution in [2.45, 2.75) is 52.7 Å². The van der Waals surface area contributed by atoms with Crippen LogP contribution in [0.15, 0.2) is 44.7 Å². The topological polar surface area (TPSA) is 167 Å². The predicted molar refractivity (Wildman–Crippen MR) is 142 cm³/mol. The highest BCUT2D eigenvalue weighted by Crippen LogP contribution is 2.17. The van der Waals surface area contributed by atoms with Crippen molar-refractivity contribution in [1.29, 1.82) is 0 Å². The first kappa shape index (κ1) is 27.9. The van der Waals surface area contributed by atoms with Crippen LogP contribution in [0.3, 0.4) is 0 Å². The van der Waals surface area contributed by atoms with Gasteiger partial charge < -0.3 is 14.2 Å². The molecule has 0 atom stereocenters. The predicted octanol–water partition coefficient (Wildman–Crippen LogP) is 1.21. The number of aryl methyl sites for hydroxylation is 2. The second-order valence-electron chi connectivity index (χ2n) is 9.09. The van der Waals surface area contributed by atoms with Gasteiger partial charge in [-0.25, -0.2) is 9.78 Å². The van der Waals surface area contributed by atoms with E-state index in [0.717, 1.165) is 0 Å². The molecule has 0 aliphatic heterocycles. The van der Waals surface area contributed by atoms with E-state index in [4.69, 9.17) is 9.51 Å². The average molecular weight is 541 g/mol. The van der Waals surface area contributed by atoms with Crippen molar-refractivity contribution in [3.8, 4) is 0 Å². The molecule has 4 rings (SSSR count).